The molecule has 2 fully saturated rings. The van der Waals surface area contributed by atoms with Crippen LogP contribution in [0.3, 0.4) is 0 Å². The predicted octanol–water partition coefficient (Wildman–Crippen LogP) is 3.31. The number of hydrogen-bond donors (Lipinski definition) is 2. The first-order chi connectivity index (χ1) is 17.0. The van der Waals surface area contributed by atoms with Crippen LogP contribution < -0.4 is 10.6 Å². The summed E-state index contributed by atoms with van der Waals surface area (Å²) in [4.78, 5) is 38.5. The van der Waals surface area contributed by atoms with Crippen LogP contribution in [0, 0.1) is 5.92 Å². The highest BCUT2D eigenvalue weighted by Crippen LogP contribution is 2.33. The lowest BCUT2D eigenvalue weighted by molar-refractivity contribution is -0.136. The fourth-order valence-corrected chi connectivity index (χ4v) is 6.71. The average molecular weight is 472 g/mol. The van der Waals surface area contributed by atoms with E-state index in [-0.39, 0.29) is 24.1 Å². The standard InChI is InChI=1S/C29H33N3O3/c33-27-12-11-26(28(34)31-27)32-17-22-14-18(9-10-24(22)29(32)35)13-21-7-3-4-8-25(21)30-23-15-19-5-1-2-6-20(19)16-23/h1-2,5-6,9-10,14,21,23,25-26,30H,3-4,7-8,11-13,15-17H2,(H,31,33,34)/t21-,25?,26?/m1/s1. The Bertz CT molecular complexity index is 1150. The van der Waals surface area contributed by atoms with Crippen LogP contribution in [-0.4, -0.2) is 40.7 Å². The van der Waals surface area contributed by atoms with E-state index in [4.69, 9.17) is 0 Å². The quantitative estimate of drug-likeness (QED) is 0.656. The molecule has 35 heavy (non-hydrogen) atoms. The Hall–Kier alpha value is -2.99. The van der Waals surface area contributed by atoms with Crippen molar-refractivity contribution in [3.8, 4) is 0 Å². The highest BCUT2D eigenvalue weighted by molar-refractivity contribution is 6.05. The normalized spacial score (nSPS) is 26.6. The van der Waals surface area contributed by atoms with Crippen molar-refractivity contribution in [1.29, 1.82) is 0 Å². The van der Waals surface area contributed by atoms with Gasteiger partial charge in [-0.1, -0.05) is 49.2 Å². The summed E-state index contributed by atoms with van der Waals surface area (Å²) >= 11 is 0. The van der Waals surface area contributed by atoms with E-state index < -0.39 is 6.04 Å². The third-order valence-corrected chi connectivity index (χ3v) is 8.50. The zero-order chi connectivity index (χ0) is 23.9. The molecule has 2 aromatic carbocycles. The molecule has 4 aliphatic rings. The molecule has 0 spiro atoms. The minimum atomic E-state index is -0.557. The van der Waals surface area contributed by atoms with Crippen molar-refractivity contribution < 1.29 is 14.4 Å². The van der Waals surface area contributed by atoms with E-state index in [2.05, 4.69) is 47.0 Å². The molecular formula is C29H33N3O3. The molecule has 2 aromatic rings. The first kappa shape index (κ1) is 22.5. The number of rotatable bonds is 5. The van der Waals surface area contributed by atoms with Crippen molar-refractivity contribution in [3.05, 3.63) is 70.3 Å². The first-order valence-corrected chi connectivity index (χ1v) is 13.1. The molecular weight excluding hydrogens is 438 g/mol. The molecule has 1 saturated carbocycles. The molecule has 0 bridgehead atoms. The lowest BCUT2D eigenvalue weighted by atomic mass is 9.80. The molecule has 2 aliphatic carbocycles. The molecule has 2 N–H and O–H groups in total. The Morgan fingerprint density at radius 2 is 1.69 bits per heavy atom. The molecule has 2 aliphatic heterocycles. The van der Waals surface area contributed by atoms with E-state index in [1.54, 1.807) is 4.90 Å². The Kier molecular flexibility index (Phi) is 5.93. The van der Waals surface area contributed by atoms with E-state index in [9.17, 15) is 14.4 Å². The van der Waals surface area contributed by atoms with E-state index in [0.29, 0.717) is 36.5 Å². The van der Waals surface area contributed by atoms with Gasteiger partial charge in [0.25, 0.3) is 5.91 Å². The largest absolute Gasteiger partial charge is 0.322 e. The van der Waals surface area contributed by atoms with Gasteiger partial charge in [-0.05, 0) is 72.8 Å². The summed E-state index contributed by atoms with van der Waals surface area (Å²) < 4.78 is 0. The molecule has 2 heterocycles. The lowest BCUT2D eigenvalue weighted by Crippen LogP contribution is -2.52. The van der Waals surface area contributed by atoms with Gasteiger partial charge in [0, 0.05) is 30.6 Å². The molecule has 0 radical (unpaired) electrons. The van der Waals surface area contributed by atoms with Gasteiger partial charge in [0.05, 0.1) is 0 Å². The molecule has 0 aromatic heterocycles. The molecule has 2 unspecified atom stereocenters. The maximum atomic E-state index is 13.0. The van der Waals surface area contributed by atoms with Gasteiger partial charge in [-0.3, -0.25) is 19.7 Å². The summed E-state index contributed by atoms with van der Waals surface area (Å²) in [6.07, 6.45) is 8.96. The Balaban J connectivity index is 1.13. The van der Waals surface area contributed by atoms with E-state index in [0.717, 1.165) is 24.8 Å². The van der Waals surface area contributed by atoms with Crippen LogP contribution in [-0.2, 0) is 35.4 Å². The number of carbonyl (C=O) groups excluding carboxylic acids is 3. The first-order valence-electron chi connectivity index (χ1n) is 13.1. The maximum absolute atomic E-state index is 13.0. The number of benzene rings is 2. The number of fused-ring (bicyclic) bond motifs is 2. The van der Waals surface area contributed by atoms with Gasteiger partial charge in [0.2, 0.25) is 11.8 Å². The van der Waals surface area contributed by atoms with Gasteiger partial charge in [-0.2, -0.15) is 0 Å². The van der Waals surface area contributed by atoms with Gasteiger partial charge >= 0.3 is 0 Å². The molecule has 6 heteroatoms. The van der Waals surface area contributed by atoms with E-state index in [1.165, 1.54) is 42.4 Å². The zero-order valence-electron chi connectivity index (χ0n) is 20.1. The number of hydrogen-bond acceptors (Lipinski definition) is 4. The van der Waals surface area contributed by atoms with Crippen LogP contribution in [0.15, 0.2) is 42.5 Å². The van der Waals surface area contributed by atoms with Gasteiger partial charge in [-0.15, -0.1) is 0 Å². The summed E-state index contributed by atoms with van der Waals surface area (Å²) in [7, 11) is 0. The number of piperidine rings is 1. The van der Waals surface area contributed by atoms with Crippen molar-refractivity contribution >= 4 is 17.7 Å². The van der Waals surface area contributed by atoms with Crippen LogP contribution in [0.25, 0.3) is 0 Å². The van der Waals surface area contributed by atoms with E-state index in [1.807, 2.05) is 6.07 Å². The van der Waals surface area contributed by atoms with Gasteiger partial charge in [0.15, 0.2) is 0 Å². The topological polar surface area (TPSA) is 78.5 Å². The summed E-state index contributed by atoms with van der Waals surface area (Å²) in [5.74, 6) is -0.115. The second-order valence-corrected chi connectivity index (χ2v) is 10.8. The SMILES string of the molecule is O=C1CCC(N2Cc3cc(C[C@H]4CCCCC4NC4Cc5ccccc5C4)ccc3C2=O)C(=O)N1. The minimum Gasteiger partial charge on any atom is -0.322 e. The second-order valence-electron chi connectivity index (χ2n) is 10.8. The summed E-state index contributed by atoms with van der Waals surface area (Å²) in [5.41, 5.74) is 5.95. The fourth-order valence-electron chi connectivity index (χ4n) is 6.71. The minimum absolute atomic E-state index is 0.0981. The highest BCUT2D eigenvalue weighted by atomic mass is 16.2. The number of amides is 3. The number of nitrogens with one attached hydrogen (secondary N) is 2. The Labute approximate surface area is 206 Å². The van der Waals surface area contributed by atoms with E-state index >= 15 is 0 Å². The zero-order valence-corrected chi connectivity index (χ0v) is 20.1. The smallest absolute Gasteiger partial charge is 0.255 e. The molecule has 6 nitrogen and oxygen atoms in total. The Morgan fingerprint density at radius 1 is 0.914 bits per heavy atom. The number of carbonyl (C=O) groups is 3. The van der Waals surface area contributed by atoms with Crippen LogP contribution in [0.5, 0.6) is 0 Å². The number of nitrogens with zero attached hydrogens (tertiary/aromatic N) is 1. The van der Waals surface area contributed by atoms with Crippen LogP contribution in [0.2, 0.25) is 0 Å². The molecule has 3 amide bonds. The monoisotopic (exact) mass is 471 g/mol. The molecule has 1 saturated heterocycles. The highest BCUT2D eigenvalue weighted by Gasteiger charge is 2.39. The molecule has 182 valence electrons. The van der Waals surface area contributed by atoms with Crippen LogP contribution in [0.4, 0.5) is 0 Å². The van der Waals surface area contributed by atoms with Gasteiger partial charge in [0.1, 0.15) is 6.04 Å². The molecule has 6 rings (SSSR count). The van der Waals surface area contributed by atoms with Crippen molar-refractivity contribution in [3.63, 3.8) is 0 Å². The lowest BCUT2D eigenvalue weighted by Gasteiger charge is -2.34. The van der Waals surface area contributed by atoms with Crippen molar-refractivity contribution in [1.82, 2.24) is 15.5 Å². The Morgan fingerprint density at radius 3 is 2.46 bits per heavy atom. The van der Waals surface area contributed by atoms with Gasteiger partial charge in [-0.25, -0.2) is 0 Å². The summed E-state index contributed by atoms with van der Waals surface area (Å²) in [6.45, 7) is 0.445. The fraction of sp³-hybridized carbons (Fsp3) is 0.483. The molecule has 3 atom stereocenters. The van der Waals surface area contributed by atoms with Crippen molar-refractivity contribution in [2.24, 2.45) is 5.92 Å². The van der Waals surface area contributed by atoms with Crippen LogP contribution >= 0.6 is 0 Å². The summed E-state index contributed by atoms with van der Waals surface area (Å²) in [6, 6.07) is 15.5. The van der Waals surface area contributed by atoms with Gasteiger partial charge < -0.3 is 10.2 Å². The van der Waals surface area contributed by atoms with Crippen molar-refractivity contribution in [2.45, 2.75) is 82.5 Å². The number of imide groups is 1. The predicted molar refractivity (Wildman–Crippen MR) is 133 cm³/mol. The van der Waals surface area contributed by atoms with Crippen molar-refractivity contribution in [2.75, 3.05) is 0 Å². The third kappa shape index (κ3) is 4.40. The summed E-state index contributed by atoms with van der Waals surface area (Å²) in [5, 5.41) is 6.40. The third-order valence-electron chi connectivity index (χ3n) is 8.50. The second kappa shape index (κ2) is 9.23. The maximum Gasteiger partial charge on any atom is 0.255 e. The van der Waals surface area contributed by atoms with Crippen LogP contribution in [0.1, 0.15) is 71.1 Å². The average Bonchev–Trinajstić information content (AvgIpc) is 3.40.